The first kappa shape index (κ1) is 12.1. The zero-order chi connectivity index (χ0) is 14.1. The zero-order valence-corrected chi connectivity index (χ0v) is 10.2. The van der Waals surface area contributed by atoms with Gasteiger partial charge in [0, 0.05) is 24.0 Å². The van der Waals surface area contributed by atoms with E-state index in [-0.39, 0.29) is 16.4 Å². The minimum absolute atomic E-state index is 0.0569. The zero-order valence-electron chi connectivity index (χ0n) is 10.2. The van der Waals surface area contributed by atoms with E-state index in [1.165, 1.54) is 24.3 Å². The number of carbonyl (C=O) groups is 1. The highest BCUT2D eigenvalue weighted by Gasteiger charge is 2.10. The summed E-state index contributed by atoms with van der Waals surface area (Å²) in [6.45, 7) is 0. The lowest BCUT2D eigenvalue weighted by Gasteiger charge is -2.03. The van der Waals surface area contributed by atoms with Crippen molar-refractivity contribution in [1.82, 2.24) is 4.98 Å². The number of fused-ring (bicyclic) bond motifs is 1. The summed E-state index contributed by atoms with van der Waals surface area (Å²) in [4.78, 5) is 26.9. The number of nitrogens with zero attached hydrogens (tertiary/aromatic N) is 1. The Balaban J connectivity index is 2.24. The minimum Gasteiger partial charge on any atom is -0.478 e. The van der Waals surface area contributed by atoms with Gasteiger partial charge < -0.3 is 9.52 Å². The first-order valence-corrected chi connectivity index (χ1v) is 5.87. The van der Waals surface area contributed by atoms with Gasteiger partial charge in [-0.25, -0.2) is 4.79 Å². The van der Waals surface area contributed by atoms with Gasteiger partial charge in [-0.05, 0) is 30.3 Å². The van der Waals surface area contributed by atoms with E-state index in [1.807, 2.05) is 0 Å². The third-order valence-electron chi connectivity index (χ3n) is 2.94. The van der Waals surface area contributed by atoms with Crippen LogP contribution in [0.2, 0.25) is 0 Å². The van der Waals surface area contributed by atoms with Crippen LogP contribution in [0, 0.1) is 0 Å². The van der Waals surface area contributed by atoms with E-state index < -0.39 is 5.97 Å². The molecule has 5 heteroatoms. The lowest BCUT2D eigenvalue weighted by molar-refractivity contribution is 0.0697. The molecule has 0 bridgehead atoms. The van der Waals surface area contributed by atoms with Gasteiger partial charge in [-0.15, -0.1) is 0 Å². The molecular formula is C15H9NO4. The largest absolute Gasteiger partial charge is 0.478 e. The van der Waals surface area contributed by atoms with Gasteiger partial charge in [0.25, 0.3) is 0 Å². The summed E-state index contributed by atoms with van der Waals surface area (Å²) in [5, 5.41) is 9.18. The van der Waals surface area contributed by atoms with Crippen molar-refractivity contribution in [2.24, 2.45) is 0 Å². The average molecular weight is 267 g/mol. The highest BCUT2D eigenvalue weighted by Crippen LogP contribution is 2.22. The SMILES string of the molecule is O=C(O)c1ccc2oc(-c3ccncc3)cc(=O)c2c1. The van der Waals surface area contributed by atoms with Crippen LogP contribution in [0.1, 0.15) is 10.4 Å². The van der Waals surface area contributed by atoms with Crippen LogP contribution in [0.3, 0.4) is 0 Å². The van der Waals surface area contributed by atoms with Gasteiger partial charge in [0.2, 0.25) is 0 Å². The molecule has 0 aliphatic carbocycles. The molecule has 0 aliphatic rings. The fraction of sp³-hybridized carbons (Fsp3) is 0. The van der Waals surface area contributed by atoms with Crippen molar-refractivity contribution in [3.05, 3.63) is 64.6 Å². The molecule has 1 N–H and O–H groups in total. The molecule has 20 heavy (non-hydrogen) atoms. The molecule has 0 fully saturated rings. The lowest BCUT2D eigenvalue weighted by atomic mass is 10.1. The number of hydrogen-bond acceptors (Lipinski definition) is 4. The third kappa shape index (κ3) is 2.05. The summed E-state index contributed by atoms with van der Waals surface area (Å²) in [5.74, 6) is -0.655. The van der Waals surface area contributed by atoms with Gasteiger partial charge in [0.1, 0.15) is 11.3 Å². The Kier molecular flexibility index (Phi) is 2.80. The van der Waals surface area contributed by atoms with Crippen LogP contribution in [0.15, 0.2) is 58.0 Å². The molecule has 3 rings (SSSR count). The third-order valence-corrected chi connectivity index (χ3v) is 2.94. The quantitative estimate of drug-likeness (QED) is 0.771. The standard InChI is InChI=1S/C15H9NO4/c17-12-8-14(9-3-5-16-6-4-9)20-13-2-1-10(15(18)19)7-11(12)13/h1-8H,(H,18,19). The van der Waals surface area contributed by atoms with Crippen molar-refractivity contribution in [2.75, 3.05) is 0 Å². The molecular weight excluding hydrogens is 258 g/mol. The number of hydrogen-bond donors (Lipinski definition) is 1. The summed E-state index contributed by atoms with van der Waals surface area (Å²) in [7, 11) is 0. The molecule has 0 spiro atoms. The Bertz CT molecular complexity index is 853. The second kappa shape index (κ2) is 4.62. The first-order chi connectivity index (χ1) is 9.65. The molecule has 0 amide bonds. The van der Waals surface area contributed by atoms with E-state index >= 15 is 0 Å². The van der Waals surface area contributed by atoms with Gasteiger partial charge in [0.05, 0.1) is 10.9 Å². The first-order valence-electron chi connectivity index (χ1n) is 5.87. The molecule has 2 aromatic heterocycles. The van der Waals surface area contributed by atoms with Crippen LogP contribution < -0.4 is 5.43 Å². The van der Waals surface area contributed by atoms with Crippen molar-refractivity contribution in [1.29, 1.82) is 0 Å². The molecule has 0 saturated heterocycles. The molecule has 0 unspecified atom stereocenters. The number of carboxylic acid groups (broad SMARTS) is 1. The Labute approximate surface area is 113 Å². The van der Waals surface area contributed by atoms with E-state index in [0.717, 1.165) is 5.56 Å². The van der Waals surface area contributed by atoms with Crippen molar-refractivity contribution in [2.45, 2.75) is 0 Å². The van der Waals surface area contributed by atoms with Crippen LogP contribution in [0.4, 0.5) is 0 Å². The van der Waals surface area contributed by atoms with Crippen molar-refractivity contribution < 1.29 is 14.3 Å². The summed E-state index contributed by atoms with van der Waals surface area (Å²) < 4.78 is 5.64. The smallest absolute Gasteiger partial charge is 0.335 e. The van der Waals surface area contributed by atoms with Gasteiger partial charge in [-0.1, -0.05) is 0 Å². The van der Waals surface area contributed by atoms with Gasteiger partial charge >= 0.3 is 5.97 Å². The Hall–Kier alpha value is -2.95. The number of benzene rings is 1. The monoisotopic (exact) mass is 267 g/mol. The van der Waals surface area contributed by atoms with Crippen molar-refractivity contribution in [3.63, 3.8) is 0 Å². The molecule has 3 aromatic rings. The number of aromatic carboxylic acids is 1. The average Bonchev–Trinajstić information content (AvgIpc) is 2.47. The molecule has 2 heterocycles. The normalized spacial score (nSPS) is 10.6. The lowest BCUT2D eigenvalue weighted by Crippen LogP contribution is -2.03. The Morgan fingerprint density at radius 3 is 2.55 bits per heavy atom. The van der Waals surface area contributed by atoms with Crippen molar-refractivity contribution in [3.8, 4) is 11.3 Å². The van der Waals surface area contributed by atoms with E-state index in [4.69, 9.17) is 9.52 Å². The predicted molar refractivity (Wildman–Crippen MR) is 72.7 cm³/mol. The highest BCUT2D eigenvalue weighted by molar-refractivity contribution is 5.93. The Morgan fingerprint density at radius 2 is 1.85 bits per heavy atom. The minimum atomic E-state index is -1.08. The highest BCUT2D eigenvalue weighted by atomic mass is 16.4. The second-order valence-electron chi connectivity index (χ2n) is 4.23. The van der Waals surface area contributed by atoms with Gasteiger partial charge in [-0.2, -0.15) is 0 Å². The number of carboxylic acids is 1. The molecule has 0 radical (unpaired) electrons. The maximum atomic E-state index is 12.1. The summed E-state index contributed by atoms with van der Waals surface area (Å²) >= 11 is 0. The molecule has 1 aromatic carbocycles. The van der Waals surface area contributed by atoms with Crippen LogP contribution in [0.5, 0.6) is 0 Å². The maximum absolute atomic E-state index is 12.1. The molecule has 0 atom stereocenters. The van der Waals surface area contributed by atoms with E-state index in [0.29, 0.717) is 11.3 Å². The van der Waals surface area contributed by atoms with Crippen LogP contribution in [-0.2, 0) is 0 Å². The fourth-order valence-corrected chi connectivity index (χ4v) is 1.95. The molecule has 5 nitrogen and oxygen atoms in total. The van der Waals surface area contributed by atoms with E-state index in [2.05, 4.69) is 4.98 Å². The molecule has 0 aliphatic heterocycles. The summed E-state index contributed by atoms with van der Waals surface area (Å²) in [6.07, 6.45) is 3.21. The summed E-state index contributed by atoms with van der Waals surface area (Å²) in [5.41, 5.74) is 0.873. The molecule has 0 saturated carbocycles. The Morgan fingerprint density at radius 1 is 1.10 bits per heavy atom. The van der Waals surface area contributed by atoms with Crippen LogP contribution in [-0.4, -0.2) is 16.1 Å². The van der Waals surface area contributed by atoms with Crippen LogP contribution >= 0.6 is 0 Å². The number of pyridine rings is 1. The molecule has 98 valence electrons. The van der Waals surface area contributed by atoms with Crippen LogP contribution in [0.25, 0.3) is 22.3 Å². The predicted octanol–water partition coefficient (Wildman–Crippen LogP) is 2.55. The summed E-state index contributed by atoms with van der Waals surface area (Å²) in [6, 6.07) is 9.03. The number of aromatic nitrogens is 1. The maximum Gasteiger partial charge on any atom is 0.335 e. The number of rotatable bonds is 2. The topological polar surface area (TPSA) is 80.4 Å². The van der Waals surface area contributed by atoms with E-state index in [9.17, 15) is 9.59 Å². The van der Waals surface area contributed by atoms with Gasteiger partial charge in [0.15, 0.2) is 5.43 Å². The van der Waals surface area contributed by atoms with E-state index in [1.54, 1.807) is 24.5 Å². The second-order valence-corrected chi connectivity index (χ2v) is 4.23. The van der Waals surface area contributed by atoms with Gasteiger partial charge in [-0.3, -0.25) is 9.78 Å². The fourth-order valence-electron chi connectivity index (χ4n) is 1.95. The van der Waals surface area contributed by atoms with Crippen molar-refractivity contribution >= 4 is 16.9 Å².